The minimum Gasteiger partial charge on any atom is -0.487 e. The first-order valence-corrected chi connectivity index (χ1v) is 9.29. The number of hydrogen-bond donors (Lipinski definition) is 4. The summed E-state index contributed by atoms with van der Waals surface area (Å²) in [7, 11) is 0. The summed E-state index contributed by atoms with van der Waals surface area (Å²) in [4.78, 5) is 33.9. The molecule has 0 bridgehead atoms. The Balaban J connectivity index is 0.000000785. The van der Waals surface area contributed by atoms with E-state index in [0.29, 0.717) is 29.2 Å². The fraction of sp³-hybridized carbons (Fsp3) is 0.238. The summed E-state index contributed by atoms with van der Waals surface area (Å²) in [6.45, 7) is 3.00. The van der Waals surface area contributed by atoms with Gasteiger partial charge in [0.2, 0.25) is 5.91 Å². The molecule has 0 aliphatic carbocycles. The molecule has 1 atom stereocenters. The number of cyclic esters (lactones) is 1. The highest BCUT2D eigenvalue weighted by Crippen LogP contribution is 2.26. The Hall–Kier alpha value is -4.08. The van der Waals surface area contributed by atoms with E-state index in [4.69, 9.17) is 30.5 Å². The second-order valence-corrected chi connectivity index (χ2v) is 6.58. The molecule has 164 valence electrons. The topological polar surface area (TPSA) is 155 Å². The summed E-state index contributed by atoms with van der Waals surface area (Å²) in [6, 6.07) is 13.8. The first-order chi connectivity index (χ1) is 14.7. The average Bonchev–Trinajstić information content (AvgIpc) is 3.07. The molecule has 10 nitrogen and oxygen atoms in total. The number of amidine groups is 1. The molecule has 1 saturated heterocycles. The molecular formula is C21H24N4O6. The van der Waals surface area contributed by atoms with Gasteiger partial charge in [0.05, 0.1) is 12.2 Å². The van der Waals surface area contributed by atoms with Gasteiger partial charge in [-0.15, -0.1) is 0 Å². The number of aliphatic carboxylic acids is 1. The minimum absolute atomic E-state index is 0.0327. The lowest BCUT2D eigenvalue weighted by Gasteiger charge is -2.15. The first kappa shape index (κ1) is 23.2. The number of para-hydroxylation sites is 2. The van der Waals surface area contributed by atoms with Crippen LogP contribution in [0.5, 0.6) is 5.75 Å². The van der Waals surface area contributed by atoms with Gasteiger partial charge in [-0.05, 0) is 36.4 Å². The largest absolute Gasteiger partial charge is 0.487 e. The zero-order chi connectivity index (χ0) is 23.0. The Morgan fingerprint density at radius 1 is 1.23 bits per heavy atom. The summed E-state index contributed by atoms with van der Waals surface area (Å²) >= 11 is 0. The number of nitrogens with two attached hydrogens (primary N) is 1. The molecule has 0 aromatic heterocycles. The summed E-state index contributed by atoms with van der Waals surface area (Å²) in [5.41, 5.74) is 7.24. The highest BCUT2D eigenvalue weighted by Gasteiger charge is 2.33. The summed E-state index contributed by atoms with van der Waals surface area (Å²) in [6.07, 6.45) is -0.912. The predicted molar refractivity (Wildman–Crippen MR) is 115 cm³/mol. The lowest BCUT2D eigenvalue weighted by molar-refractivity contribution is -0.134. The average molecular weight is 428 g/mol. The van der Waals surface area contributed by atoms with Crippen LogP contribution in [0.25, 0.3) is 0 Å². The van der Waals surface area contributed by atoms with E-state index in [-0.39, 0.29) is 18.3 Å². The zero-order valence-electron chi connectivity index (χ0n) is 17.1. The van der Waals surface area contributed by atoms with Crippen molar-refractivity contribution in [2.45, 2.75) is 20.0 Å². The van der Waals surface area contributed by atoms with E-state index in [1.165, 1.54) is 11.8 Å². The summed E-state index contributed by atoms with van der Waals surface area (Å²) in [5.74, 6) is -0.554. The van der Waals surface area contributed by atoms with Crippen molar-refractivity contribution in [2.75, 3.05) is 23.4 Å². The normalized spacial score (nSPS) is 14.7. The Kier molecular flexibility index (Phi) is 7.95. The number of hydrogen-bond acceptors (Lipinski definition) is 6. The number of ether oxygens (including phenoxy) is 2. The quantitative estimate of drug-likeness (QED) is 0.407. The van der Waals surface area contributed by atoms with Gasteiger partial charge in [0, 0.05) is 25.1 Å². The van der Waals surface area contributed by atoms with Crippen LogP contribution >= 0.6 is 0 Å². The third kappa shape index (κ3) is 7.03. The molecule has 0 spiro atoms. The fourth-order valence-electron chi connectivity index (χ4n) is 2.71. The van der Waals surface area contributed by atoms with Crippen LogP contribution in [0.2, 0.25) is 0 Å². The van der Waals surface area contributed by atoms with E-state index in [1.54, 1.807) is 48.5 Å². The maximum absolute atomic E-state index is 12.2. The number of nitrogen functional groups attached to an aromatic ring is 1. The lowest BCUT2D eigenvalue weighted by Crippen LogP contribution is -2.26. The number of carboxylic acids is 1. The minimum atomic E-state index is -0.833. The number of rotatable bonds is 6. The van der Waals surface area contributed by atoms with E-state index in [1.807, 2.05) is 0 Å². The van der Waals surface area contributed by atoms with Crippen LogP contribution < -0.4 is 20.7 Å². The molecule has 1 aliphatic heterocycles. The van der Waals surface area contributed by atoms with Crippen molar-refractivity contribution >= 4 is 35.2 Å². The Bertz CT molecular complexity index is 957. The number of carboxylic acid groups (broad SMARTS) is 1. The molecule has 2 aromatic rings. The molecule has 2 aromatic carbocycles. The Morgan fingerprint density at radius 2 is 1.84 bits per heavy atom. The SMILES string of the molecule is CC(=O)Nc1ccccc1OCC1CN(c2ccc(C(=N)N)cc2)C(=O)O1.CC(=O)O. The second-order valence-electron chi connectivity index (χ2n) is 6.58. The van der Waals surface area contributed by atoms with E-state index in [2.05, 4.69) is 5.32 Å². The number of carbonyl (C=O) groups excluding carboxylic acids is 2. The van der Waals surface area contributed by atoms with Gasteiger partial charge in [0.1, 0.15) is 18.2 Å². The zero-order valence-corrected chi connectivity index (χ0v) is 17.1. The number of nitrogens with one attached hydrogen (secondary N) is 2. The van der Waals surface area contributed by atoms with Crippen LogP contribution in [0.1, 0.15) is 19.4 Å². The molecule has 1 aliphatic rings. The van der Waals surface area contributed by atoms with Crippen molar-refractivity contribution in [1.82, 2.24) is 0 Å². The van der Waals surface area contributed by atoms with Gasteiger partial charge in [-0.3, -0.25) is 19.9 Å². The van der Waals surface area contributed by atoms with Crippen molar-refractivity contribution in [3.63, 3.8) is 0 Å². The van der Waals surface area contributed by atoms with Crippen molar-refractivity contribution < 1.29 is 29.0 Å². The number of carbonyl (C=O) groups is 3. The third-order valence-electron chi connectivity index (χ3n) is 3.99. The van der Waals surface area contributed by atoms with Crippen molar-refractivity contribution in [1.29, 1.82) is 5.41 Å². The summed E-state index contributed by atoms with van der Waals surface area (Å²) in [5, 5.41) is 17.5. The molecular weight excluding hydrogens is 404 g/mol. The smallest absolute Gasteiger partial charge is 0.414 e. The van der Waals surface area contributed by atoms with Gasteiger partial charge in [-0.1, -0.05) is 12.1 Å². The molecule has 2 amide bonds. The molecule has 5 N–H and O–H groups in total. The maximum Gasteiger partial charge on any atom is 0.414 e. The first-order valence-electron chi connectivity index (χ1n) is 9.29. The van der Waals surface area contributed by atoms with Crippen LogP contribution in [0, 0.1) is 5.41 Å². The Morgan fingerprint density at radius 3 is 2.42 bits per heavy atom. The maximum atomic E-state index is 12.2. The van der Waals surface area contributed by atoms with Gasteiger partial charge >= 0.3 is 6.09 Å². The molecule has 0 radical (unpaired) electrons. The molecule has 1 heterocycles. The van der Waals surface area contributed by atoms with E-state index in [0.717, 1.165) is 6.92 Å². The summed E-state index contributed by atoms with van der Waals surface area (Å²) < 4.78 is 11.1. The molecule has 3 rings (SSSR count). The third-order valence-corrected chi connectivity index (χ3v) is 3.99. The van der Waals surface area contributed by atoms with Crippen LogP contribution in [0.4, 0.5) is 16.2 Å². The molecule has 1 unspecified atom stereocenters. The number of benzene rings is 2. The van der Waals surface area contributed by atoms with Crippen LogP contribution in [-0.2, 0) is 14.3 Å². The van der Waals surface area contributed by atoms with Crippen LogP contribution in [0.15, 0.2) is 48.5 Å². The van der Waals surface area contributed by atoms with Crippen LogP contribution in [-0.4, -0.2) is 48.2 Å². The van der Waals surface area contributed by atoms with Gasteiger partial charge in [-0.2, -0.15) is 0 Å². The highest BCUT2D eigenvalue weighted by molar-refractivity contribution is 5.96. The van der Waals surface area contributed by atoms with Crippen molar-refractivity contribution in [2.24, 2.45) is 5.73 Å². The predicted octanol–water partition coefficient (Wildman–Crippen LogP) is 2.42. The standard InChI is InChI=1S/C19H20N4O4.C2H4O2/c1-12(24)22-16-4-2-3-5-17(16)26-11-15-10-23(19(25)27-15)14-8-6-13(7-9-14)18(20)21;1-2(3)4/h2-9,15H,10-11H2,1H3,(H3,20,21)(H,22,24);1H3,(H,3,4). The van der Waals surface area contributed by atoms with E-state index < -0.39 is 18.2 Å². The fourth-order valence-corrected chi connectivity index (χ4v) is 2.71. The van der Waals surface area contributed by atoms with E-state index >= 15 is 0 Å². The van der Waals surface area contributed by atoms with Crippen molar-refractivity contribution in [3.05, 3.63) is 54.1 Å². The van der Waals surface area contributed by atoms with Gasteiger partial charge in [-0.25, -0.2) is 4.79 Å². The second kappa shape index (κ2) is 10.6. The monoisotopic (exact) mass is 428 g/mol. The molecule has 0 saturated carbocycles. The molecule has 31 heavy (non-hydrogen) atoms. The van der Waals surface area contributed by atoms with Gasteiger partial charge < -0.3 is 25.6 Å². The lowest BCUT2D eigenvalue weighted by atomic mass is 10.2. The van der Waals surface area contributed by atoms with Gasteiger partial charge in [0.25, 0.3) is 5.97 Å². The Labute approximate surface area is 179 Å². The van der Waals surface area contributed by atoms with Crippen molar-refractivity contribution in [3.8, 4) is 5.75 Å². The van der Waals surface area contributed by atoms with Crippen LogP contribution in [0.3, 0.4) is 0 Å². The highest BCUT2D eigenvalue weighted by atomic mass is 16.6. The number of anilines is 2. The molecule has 10 heteroatoms. The van der Waals surface area contributed by atoms with Gasteiger partial charge in [0.15, 0.2) is 6.10 Å². The number of amides is 2. The van der Waals surface area contributed by atoms with E-state index in [9.17, 15) is 9.59 Å². The molecule has 1 fully saturated rings. The number of nitrogens with zero attached hydrogens (tertiary/aromatic N) is 1.